The van der Waals surface area contributed by atoms with Crippen molar-refractivity contribution in [3.8, 4) is 0 Å². The SMILES string of the molecule is CCC1CN(c2ccccc2CN)CCN1C. The van der Waals surface area contributed by atoms with Crippen LogP contribution < -0.4 is 10.6 Å². The van der Waals surface area contributed by atoms with Gasteiger partial charge in [-0.1, -0.05) is 25.1 Å². The van der Waals surface area contributed by atoms with Crippen LogP contribution in [0.4, 0.5) is 5.69 Å². The van der Waals surface area contributed by atoms with Gasteiger partial charge in [0.05, 0.1) is 0 Å². The number of hydrogen-bond acceptors (Lipinski definition) is 3. The second kappa shape index (κ2) is 5.52. The first-order chi connectivity index (χ1) is 8.26. The number of benzene rings is 1. The van der Waals surface area contributed by atoms with Gasteiger partial charge in [-0.05, 0) is 25.1 Å². The Morgan fingerprint density at radius 3 is 2.76 bits per heavy atom. The van der Waals surface area contributed by atoms with Crippen LogP contribution in [0.25, 0.3) is 0 Å². The molecule has 0 amide bonds. The molecule has 0 radical (unpaired) electrons. The van der Waals surface area contributed by atoms with Crippen molar-refractivity contribution in [2.24, 2.45) is 5.73 Å². The first-order valence-electron chi connectivity index (χ1n) is 6.49. The van der Waals surface area contributed by atoms with E-state index in [0.717, 1.165) is 19.6 Å². The van der Waals surface area contributed by atoms with Crippen LogP contribution in [0.15, 0.2) is 24.3 Å². The topological polar surface area (TPSA) is 32.5 Å². The van der Waals surface area contributed by atoms with Gasteiger partial charge >= 0.3 is 0 Å². The third-order valence-electron chi connectivity index (χ3n) is 3.80. The van der Waals surface area contributed by atoms with Gasteiger partial charge < -0.3 is 10.6 Å². The lowest BCUT2D eigenvalue weighted by Gasteiger charge is -2.41. The molecule has 3 heteroatoms. The van der Waals surface area contributed by atoms with Gasteiger partial charge in [-0.15, -0.1) is 0 Å². The second-order valence-corrected chi connectivity index (χ2v) is 4.82. The van der Waals surface area contributed by atoms with E-state index in [2.05, 4.69) is 48.0 Å². The van der Waals surface area contributed by atoms with Crippen LogP contribution >= 0.6 is 0 Å². The zero-order valence-corrected chi connectivity index (χ0v) is 10.9. The predicted octanol–water partition coefficient (Wildman–Crippen LogP) is 1.68. The molecule has 3 nitrogen and oxygen atoms in total. The van der Waals surface area contributed by atoms with E-state index in [1.54, 1.807) is 0 Å². The maximum absolute atomic E-state index is 5.81. The van der Waals surface area contributed by atoms with Crippen molar-refractivity contribution >= 4 is 5.69 Å². The van der Waals surface area contributed by atoms with Gasteiger partial charge in [0.1, 0.15) is 0 Å². The lowest BCUT2D eigenvalue weighted by atomic mass is 10.1. The van der Waals surface area contributed by atoms with E-state index in [4.69, 9.17) is 5.73 Å². The largest absolute Gasteiger partial charge is 0.368 e. The third kappa shape index (κ3) is 2.61. The van der Waals surface area contributed by atoms with Crippen LogP contribution in [-0.4, -0.2) is 37.6 Å². The molecule has 0 bridgehead atoms. The summed E-state index contributed by atoms with van der Waals surface area (Å²) in [5, 5.41) is 0. The van der Waals surface area contributed by atoms with Crippen molar-refractivity contribution < 1.29 is 0 Å². The Balaban J connectivity index is 2.17. The fourth-order valence-corrected chi connectivity index (χ4v) is 2.60. The van der Waals surface area contributed by atoms with E-state index in [1.165, 1.54) is 17.7 Å². The molecular formula is C14H23N3. The van der Waals surface area contributed by atoms with Gasteiger partial charge in [-0.25, -0.2) is 0 Å². The van der Waals surface area contributed by atoms with Gasteiger partial charge in [-0.2, -0.15) is 0 Å². The van der Waals surface area contributed by atoms with Gasteiger partial charge in [-0.3, -0.25) is 4.90 Å². The van der Waals surface area contributed by atoms with E-state index >= 15 is 0 Å². The fourth-order valence-electron chi connectivity index (χ4n) is 2.60. The van der Waals surface area contributed by atoms with E-state index in [9.17, 15) is 0 Å². The number of anilines is 1. The smallest absolute Gasteiger partial charge is 0.0412 e. The molecule has 1 aliphatic heterocycles. The minimum absolute atomic E-state index is 0.624. The molecule has 1 aliphatic rings. The summed E-state index contributed by atoms with van der Waals surface area (Å²) in [4.78, 5) is 4.94. The molecule has 0 aromatic heterocycles. The van der Waals surface area contributed by atoms with E-state index in [-0.39, 0.29) is 0 Å². The highest BCUT2D eigenvalue weighted by atomic mass is 15.3. The lowest BCUT2D eigenvalue weighted by Crippen LogP contribution is -2.51. The summed E-state index contributed by atoms with van der Waals surface area (Å²) in [6.45, 7) is 6.24. The summed E-state index contributed by atoms with van der Waals surface area (Å²) in [5.74, 6) is 0. The summed E-state index contributed by atoms with van der Waals surface area (Å²) >= 11 is 0. The molecule has 1 aromatic rings. The average Bonchev–Trinajstić information content (AvgIpc) is 2.39. The first kappa shape index (κ1) is 12.4. The summed E-state index contributed by atoms with van der Waals surface area (Å²) in [7, 11) is 2.22. The molecule has 1 heterocycles. The van der Waals surface area contributed by atoms with Gasteiger partial charge in [0, 0.05) is 37.9 Å². The van der Waals surface area contributed by atoms with Crippen LogP contribution in [-0.2, 0) is 6.54 Å². The van der Waals surface area contributed by atoms with Gasteiger partial charge in [0.2, 0.25) is 0 Å². The highest BCUT2D eigenvalue weighted by molar-refractivity contribution is 5.54. The minimum Gasteiger partial charge on any atom is -0.368 e. The standard InChI is InChI=1S/C14H23N3/c1-3-13-11-17(9-8-16(13)2)14-7-5-4-6-12(14)10-15/h4-7,13H,3,8-11,15H2,1-2H3. The summed E-state index contributed by atoms with van der Waals surface area (Å²) < 4.78 is 0. The normalized spacial score (nSPS) is 21.8. The summed E-state index contributed by atoms with van der Waals surface area (Å²) in [5.41, 5.74) is 8.39. The van der Waals surface area contributed by atoms with Gasteiger partial charge in [0.15, 0.2) is 0 Å². The minimum atomic E-state index is 0.624. The number of nitrogens with two attached hydrogens (primary N) is 1. The third-order valence-corrected chi connectivity index (χ3v) is 3.80. The molecule has 94 valence electrons. The predicted molar refractivity (Wildman–Crippen MR) is 73.3 cm³/mol. The monoisotopic (exact) mass is 233 g/mol. The van der Waals surface area contributed by atoms with Crippen LogP contribution in [0.2, 0.25) is 0 Å². The molecule has 0 saturated carbocycles. The Kier molecular flexibility index (Phi) is 4.02. The number of rotatable bonds is 3. The van der Waals surface area contributed by atoms with E-state index in [0.29, 0.717) is 12.6 Å². The molecule has 0 spiro atoms. The molecule has 1 aromatic carbocycles. The van der Waals surface area contributed by atoms with Crippen LogP contribution in [0.5, 0.6) is 0 Å². The highest BCUT2D eigenvalue weighted by Crippen LogP contribution is 2.23. The molecule has 0 aliphatic carbocycles. The molecular weight excluding hydrogens is 210 g/mol. The van der Waals surface area contributed by atoms with Crippen LogP contribution in [0, 0.1) is 0 Å². The van der Waals surface area contributed by atoms with Crippen molar-refractivity contribution in [2.75, 3.05) is 31.6 Å². The fraction of sp³-hybridized carbons (Fsp3) is 0.571. The van der Waals surface area contributed by atoms with Crippen molar-refractivity contribution in [2.45, 2.75) is 25.9 Å². The first-order valence-corrected chi connectivity index (χ1v) is 6.49. The van der Waals surface area contributed by atoms with E-state index < -0.39 is 0 Å². The average molecular weight is 233 g/mol. The van der Waals surface area contributed by atoms with Gasteiger partial charge in [0.25, 0.3) is 0 Å². The lowest BCUT2D eigenvalue weighted by molar-refractivity contribution is 0.213. The number of piperazine rings is 1. The number of nitrogens with zero attached hydrogens (tertiary/aromatic N) is 2. The Bertz CT molecular complexity index is 364. The Labute approximate surface area is 104 Å². The van der Waals surface area contributed by atoms with Crippen molar-refractivity contribution in [1.82, 2.24) is 4.90 Å². The molecule has 17 heavy (non-hydrogen) atoms. The summed E-state index contributed by atoms with van der Waals surface area (Å²) in [6, 6.07) is 9.16. The van der Waals surface area contributed by atoms with Crippen molar-refractivity contribution in [3.05, 3.63) is 29.8 Å². The quantitative estimate of drug-likeness (QED) is 0.862. The zero-order valence-electron chi connectivity index (χ0n) is 10.9. The Morgan fingerprint density at radius 2 is 2.06 bits per heavy atom. The van der Waals surface area contributed by atoms with Crippen LogP contribution in [0.3, 0.4) is 0 Å². The molecule has 1 atom stereocenters. The Morgan fingerprint density at radius 1 is 1.29 bits per heavy atom. The maximum Gasteiger partial charge on any atom is 0.0412 e. The molecule has 1 fully saturated rings. The van der Waals surface area contributed by atoms with Crippen molar-refractivity contribution in [1.29, 1.82) is 0 Å². The molecule has 2 rings (SSSR count). The highest BCUT2D eigenvalue weighted by Gasteiger charge is 2.23. The Hall–Kier alpha value is -1.06. The molecule has 1 unspecified atom stereocenters. The van der Waals surface area contributed by atoms with Crippen molar-refractivity contribution in [3.63, 3.8) is 0 Å². The van der Waals surface area contributed by atoms with E-state index in [1.807, 2.05) is 0 Å². The number of para-hydroxylation sites is 1. The number of likely N-dealkylation sites (N-methyl/N-ethyl adjacent to an activating group) is 1. The van der Waals surface area contributed by atoms with Crippen LogP contribution in [0.1, 0.15) is 18.9 Å². The number of hydrogen-bond donors (Lipinski definition) is 1. The summed E-state index contributed by atoms with van der Waals surface area (Å²) in [6.07, 6.45) is 1.21. The second-order valence-electron chi connectivity index (χ2n) is 4.82. The zero-order chi connectivity index (χ0) is 12.3. The molecule has 2 N–H and O–H groups in total. The maximum atomic E-state index is 5.81. The molecule has 1 saturated heterocycles.